The summed E-state index contributed by atoms with van der Waals surface area (Å²) in [5, 5.41) is -0.403. The summed E-state index contributed by atoms with van der Waals surface area (Å²) in [7, 11) is 0. The number of halogens is 1. The van der Waals surface area contributed by atoms with E-state index in [1.54, 1.807) is 12.1 Å². The topological polar surface area (TPSA) is 17.1 Å². The zero-order chi connectivity index (χ0) is 8.43. The maximum Gasteiger partial charge on any atom is 0.228 e. The maximum absolute atomic E-state index is 10.8. The van der Waals surface area contributed by atoms with Crippen LogP contribution in [0.15, 0.2) is 12.1 Å². The molecule has 61 valence electrons. The van der Waals surface area contributed by atoms with E-state index >= 15 is 0 Å². The minimum Gasteiger partial charge on any atom is -0.278 e. The average Bonchev–Trinajstić information content (AvgIpc) is 1.94. The molecule has 0 saturated carbocycles. The number of carbonyl (C=O) groups excluding carboxylic acids is 1. The Bertz CT molecular complexity index is 297. The summed E-state index contributed by atoms with van der Waals surface area (Å²) in [6, 6.07) is 6.49. The molecule has 0 N–H and O–H groups in total. The van der Waals surface area contributed by atoms with Gasteiger partial charge >= 0.3 is 0 Å². The van der Waals surface area contributed by atoms with Crippen molar-refractivity contribution in [3.8, 4) is 0 Å². The number of hydrogen-bond acceptors (Lipinski definition) is 1. The molecule has 0 atom stereocenters. The van der Waals surface area contributed by atoms with Gasteiger partial charge in [-0.1, -0.05) is 19.4 Å². The molecule has 0 aliphatic carbocycles. The molecule has 0 spiro atoms. The fraction of sp³-hybridized carbons (Fsp3) is 0.222. The van der Waals surface area contributed by atoms with Crippen molar-refractivity contribution in [1.29, 1.82) is 0 Å². The van der Waals surface area contributed by atoms with E-state index in [0.29, 0.717) is 5.56 Å². The van der Waals surface area contributed by atoms with E-state index in [-0.39, 0.29) is 32.7 Å². The van der Waals surface area contributed by atoms with Crippen LogP contribution in [0.3, 0.4) is 0 Å². The Hall–Kier alpha value is 0.284. The van der Waals surface area contributed by atoms with Gasteiger partial charge in [-0.05, 0) is 11.6 Å². The van der Waals surface area contributed by atoms with Crippen molar-refractivity contribution in [2.45, 2.75) is 13.8 Å². The number of benzene rings is 1. The second-order valence-electron chi connectivity index (χ2n) is 2.49. The third kappa shape index (κ3) is 2.97. The first-order valence-corrected chi connectivity index (χ1v) is 3.68. The van der Waals surface area contributed by atoms with Crippen LogP contribution in [0.5, 0.6) is 0 Å². The molecule has 1 aromatic rings. The van der Waals surface area contributed by atoms with E-state index in [2.05, 4.69) is 6.07 Å². The van der Waals surface area contributed by atoms with Crippen molar-refractivity contribution in [2.24, 2.45) is 0 Å². The molecular formula is C9H8ClOY-. The van der Waals surface area contributed by atoms with Crippen LogP contribution in [0.1, 0.15) is 21.5 Å². The normalized spacial score (nSPS) is 8.92. The molecule has 0 amide bonds. The van der Waals surface area contributed by atoms with E-state index in [9.17, 15) is 4.79 Å². The van der Waals surface area contributed by atoms with Gasteiger partial charge in [0.2, 0.25) is 5.24 Å². The molecule has 1 radical (unpaired) electrons. The Balaban J connectivity index is 0.00000121. The smallest absolute Gasteiger partial charge is 0.228 e. The van der Waals surface area contributed by atoms with Crippen molar-refractivity contribution in [1.82, 2.24) is 0 Å². The minimum absolute atomic E-state index is 0. The van der Waals surface area contributed by atoms with Gasteiger partial charge in [0.25, 0.3) is 0 Å². The molecule has 3 heteroatoms. The van der Waals surface area contributed by atoms with E-state index in [0.717, 1.165) is 11.1 Å². The summed E-state index contributed by atoms with van der Waals surface area (Å²) >= 11 is 5.33. The first-order chi connectivity index (χ1) is 5.11. The van der Waals surface area contributed by atoms with Crippen molar-refractivity contribution >= 4 is 16.8 Å². The third-order valence-electron chi connectivity index (χ3n) is 1.51. The largest absolute Gasteiger partial charge is 0.278 e. The summed E-state index contributed by atoms with van der Waals surface area (Å²) in [5.41, 5.74) is 2.37. The number of hydrogen-bond donors (Lipinski definition) is 0. The molecule has 0 unspecified atom stereocenters. The summed E-state index contributed by atoms with van der Waals surface area (Å²) in [6.07, 6.45) is 0. The predicted octanol–water partition coefficient (Wildman–Crippen LogP) is 2.48. The molecule has 0 aromatic heterocycles. The van der Waals surface area contributed by atoms with E-state index in [1.807, 2.05) is 13.8 Å². The molecule has 0 bridgehead atoms. The van der Waals surface area contributed by atoms with Crippen LogP contribution in [0, 0.1) is 19.9 Å². The van der Waals surface area contributed by atoms with Crippen LogP contribution in [0.2, 0.25) is 0 Å². The first-order valence-electron chi connectivity index (χ1n) is 3.30. The van der Waals surface area contributed by atoms with Crippen molar-refractivity contribution in [3.05, 3.63) is 34.9 Å². The van der Waals surface area contributed by atoms with Gasteiger partial charge in [0.15, 0.2) is 0 Å². The monoisotopic (exact) mass is 256 g/mol. The molecule has 1 nitrogen and oxygen atoms in total. The maximum atomic E-state index is 10.8. The summed E-state index contributed by atoms with van der Waals surface area (Å²) < 4.78 is 0. The Morgan fingerprint density at radius 2 is 2.08 bits per heavy atom. The van der Waals surface area contributed by atoms with E-state index < -0.39 is 5.24 Å². The van der Waals surface area contributed by atoms with Gasteiger partial charge in [0.05, 0.1) is 0 Å². The Labute approximate surface area is 102 Å². The van der Waals surface area contributed by atoms with Crippen molar-refractivity contribution in [3.63, 3.8) is 0 Å². The van der Waals surface area contributed by atoms with E-state index in [1.165, 1.54) is 0 Å². The fourth-order valence-electron chi connectivity index (χ4n) is 0.884. The molecule has 12 heavy (non-hydrogen) atoms. The van der Waals surface area contributed by atoms with Crippen molar-refractivity contribution in [2.75, 3.05) is 0 Å². The summed E-state index contributed by atoms with van der Waals surface area (Å²) in [6.45, 7) is 3.72. The number of rotatable bonds is 1. The third-order valence-corrected chi connectivity index (χ3v) is 1.72. The van der Waals surface area contributed by atoms with Crippen LogP contribution < -0.4 is 0 Å². The SMILES string of the molecule is Cc1[c-]cc(C)c(C(=O)Cl)c1.[Y]. The molecule has 1 rings (SSSR count). The van der Waals surface area contributed by atoms with E-state index in [4.69, 9.17) is 11.6 Å². The van der Waals surface area contributed by atoms with Gasteiger partial charge < -0.3 is 0 Å². The Kier molecular flexibility index (Phi) is 5.23. The van der Waals surface area contributed by atoms with Crippen LogP contribution in [-0.2, 0) is 32.7 Å². The number of carbonyl (C=O) groups is 1. The number of aryl methyl sites for hydroxylation is 2. The predicted molar refractivity (Wildman–Crippen MR) is 44.9 cm³/mol. The molecule has 0 heterocycles. The summed E-state index contributed by atoms with van der Waals surface area (Å²) in [5.74, 6) is 0. The van der Waals surface area contributed by atoms with Gasteiger partial charge in [-0.15, -0.1) is 5.56 Å². The van der Waals surface area contributed by atoms with Gasteiger partial charge in [-0.2, -0.15) is 23.8 Å². The minimum atomic E-state index is -0.403. The first kappa shape index (κ1) is 12.3. The standard InChI is InChI=1S/C9H8ClO.Y/c1-6-3-4-7(2)8(5-6)9(10)11;/h4-5H,1-2H3;/q-1;. The fourth-order valence-corrected chi connectivity index (χ4v) is 1.09. The summed E-state index contributed by atoms with van der Waals surface area (Å²) in [4.78, 5) is 10.8. The second kappa shape index (κ2) is 5.11. The quantitative estimate of drug-likeness (QED) is 0.557. The molecule has 0 fully saturated rings. The molecule has 0 saturated heterocycles. The molecule has 0 aliphatic heterocycles. The molecule has 0 aliphatic rings. The zero-order valence-electron chi connectivity index (χ0n) is 7.02. The van der Waals surface area contributed by atoms with Crippen molar-refractivity contribution < 1.29 is 37.5 Å². The molecule has 1 aromatic carbocycles. The van der Waals surface area contributed by atoms with Crippen LogP contribution in [0.25, 0.3) is 0 Å². The van der Waals surface area contributed by atoms with Gasteiger partial charge in [-0.3, -0.25) is 4.79 Å². The van der Waals surface area contributed by atoms with Crippen LogP contribution >= 0.6 is 11.6 Å². The second-order valence-corrected chi connectivity index (χ2v) is 2.83. The Morgan fingerprint density at radius 1 is 1.50 bits per heavy atom. The van der Waals surface area contributed by atoms with Gasteiger partial charge in [0.1, 0.15) is 0 Å². The van der Waals surface area contributed by atoms with Gasteiger partial charge in [-0.25, -0.2) is 0 Å². The average molecular weight is 257 g/mol. The van der Waals surface area contributed by atoms with Crippen LogP contribution in [0.4, 0.5) is 0 Å². The Morgan fingerprint density at radius 3 is 2.50 bits per heavy atom. The zero-order valence-corrected chi connectivity index (χ0v) is 10.6. The molecular weight excluding hydrogens is 248 g/mol. The van der Waals surface area contributed by atoms with Crippen LogP contribution in [-0.4, -0.2) is 5.24 Å². The van der Waals surface area contributed by atoms with Gasteiger partial charge in [0, 0.05) is 32.7 Å².